The molecule has 0 radical (unpaired) electrons. The Bertz CT molecular complexity index is 482. The summed E-state index contributed by atoms with van der Waals surface area (Å²) in [5.74, 6) is -1.44. The van der Waals surface area contributed by atoms with Crippen LogP contribution in [0.2, 0.25) is 0 Å². The Morgan fingerprint density at radius 3 is 2.74 bits per heavy atom. The van der Waals surface area contributed by atoms with Crippen molar-refractivity contribution in [3.63, 3.8) is 0 Å². The van der Waals surface area contributed by atoms with Crippen molar-refractivity contribution in [3.8, 4) is 0 Å². The fourth-order valence-electron chi connectivity index (χ4n) is 2.86. The minimum atomic E-state index is -0.900. The molecule has 2 fully saturated rings. The molecule has 5 heteroatoms. The van der Waals surface area contributed by atoms with E-state index in [9.17, 15) is 9.90 Å². The van der Waals surface area contributed by atoms with E-state index < -0.39 is 11.8 Å². The van der Waals surface area contributed by atoms with Crippen molar-refractivity contribution in [2.75, 3.05) is 31.2 Å². The van der Waals surface area contributed by atoms with Crippen LogP contribution in [0.15, 0.2) is 24.3 Å². The first-order chi connectivity index (χ1) is 9.20. The fraction of sp³-hybridized carbons (Fsp3) is 0.500. The second kappa shape index (κ2) is 4.83. The van der Waals surface area contributed by atoms with E-state index in [0.717, 1.165) is 25.1 Å². The summed E-state index contributed by atoms with van der Waals surface area (Å²) in [6.07, 6.45) is 1.81. The average molecular weight is 263 g/mol. The molecule has 1 aromatic rings. The first-order valence-corrected chi connectivity index (χ1v) is 6.55. The summed E-state index contributed by atoms with van der Waals surface area (Å²) in [6, 6.07) is 7.08. The van der Waals surface area contributed by atoms with Crippen molar-refractivity contribution in [2.24, 2.45) is 0 Å². The molecule has 1 aromatic carbocycles. The lowest BCUT2D eigenvalue weighted by atomic mass is 10.0. The number of ether oxygens (including phenoxy) is 2. The summed E-state index contributed by atoms with van der Waals surface area (Å²) in [7, 11) is 0. The van der Waals surface area contributed by atoms with Crippen molar-refractivity contribution in [3.05, 3.63) is 29.8 Å². The van der Waals surface area contributed by atoms with E-state index in [1.165, 1.54) is 0 Å². The number of nitrogens with zero attached hydrogens (tertiary/aromatic N) is 1. The van der Waals surface area contributed by atoms with Crippen molar-refractivity contribution in [1.29, 1.82) is 0 Å². The number of rotatable bonds is 2. The van der Waals surface area contributed by atoms with Gasteiger partial charge < -0.3 is 19.5 Å². The van der Waals surface area contributed by atoms with Gasteiger partial charge in [0.05, 0.1) is 31.0 Å². The van der Waals surface area contributed by atoms with Gasteiger partial charge in [-0.2, -0.15) is 0 Å². The van der Waals surface area contributed by atoms with E-state index >= 15 is 0 Å². The molecule has 19 heavy (non-hydrogen) atoms. The number of hydrogen-bond acceptors (Lipinski definition) is 4. The normalized spacial score (nSPS) is 21.8. The topological polar surface area (TPSA) is 59.0 Å². The molecule has 2 saturated heterocycles. The second-order valence-corrected chi connectivity index (χ2v) is 4.96. The summed E-state index contributed by atoms with van der Waals surface area (Å²) >= 11 is 0. The zero-order valence-corrected chi connectivity index (χ0v) is 10.7. The van der Waals surface area contributed by atoms with Gasteiger partial charge in [-0.15, -0.1) is 0 Å². The molecule has 1 N–H and O–H groups in total. The van der Waals surface area contributed by atoms with E-state index in [2.05, 4.69) is 4.90 Å². The van der Waals surface area contributed by atoms with Crippen LogP contribution in [0.1, 0.15) is 23.2 Å². The number of aromatic carboxylic acids is 1. The first kappa shape index (κ1) is 12.4. The van der Waals surface area contributed by atoms with E-state index in [1.54, 1.807) is 12.1 Å². The van der Waals surface area contributed by atoms with Gasteiger partial charge in [-0.1, -0.05) is 12.1 Å². The second-order valence-electron chi connectivity index (χ2n) is 4.96. The predicted molar refractivity (Wildman–Crippen MR) is 69.5 cm³/mol. The summed E-state index contributed by atoms with van der Waals surface area (Å²) in [6.45, 7) is 2.67. The van der Waals surface area contributed by atoms with E-state index in [1.807, 2.05) is 12.1 Å². The molecule has 0 atom stereocenters. The third-order valence-electron chi connectivity index (χ3n) is 3.71. The highest BCUT2D eigenvalue weighted by Gasteiger charge is 2.41. The number of para-hydroxylation sites is 1. The molecule has 2 aliphatic heterocycles. The lowest BCUT2D eigenvalue weighted by molar-refractivity contribution is -0.161. The van der Waals surface area contributed by atoms with Crippen LogP contribution in [0.3, 0.4) is 0 Å². The van der Waals surface area contributed by atoms with Crippen LogP contribution in [0.5, 0.6) is 0 Å². The van der Waals surface area contributed by atoms with Gasteiger partial charge in [-0.25, -0.2) is 4.79 Å². The Labute approximate surface area is 111 Å². The highest BCUT2D eigenvalue weighted by Crippen LogP contribution is 2.33. The van der Waals surface area contributed by atoms with Crippen LogP contribution >= 0.6 is 0 Å². The predicted octanol–water partition coefficient (Wildman–Crippen LogP) is 1.73. The van der Waals surface area contributed by atoms with Crippen LogP contribution in [-0.4, -0.2) is 43.2 Å². The third-order valence-corrected chi connectivity index (χ3v) is 3.71. The Kier molecular flexibility index (Phi) is 3.16. The highest BCUT2D eigenvalue weighted by molar-refractivity contribution is 5.94. The zero-order valence-electron chi connectivity index (χ0n) is 10.7. The fourth-order valence-corrected chi connectivity index (χ4v) is 2.86. The number of piperidine rings is 1. The van der Waals surface area contributed by atoms with Crippen LogP contribution in [-0.2, 0) is 9.47 Å². The van der Waals surface area contributed by atoms with Gasteiger partial charge in [0.1, 0.15) is 0 Å². The number of anilines is 1. The molecule has 0 bridgehead atoms. The van der Waals surface area contributed by atoms with Crippen molar-refractivity contribution >= 4 is 11.7 Å². The van der Waals surface area contributed by atoms with Gasteiger partial charge in [0.25, 0.3) is 0 Å². The molecule has 0 aliphatic carbocycles. The number of carboxylic acids is 1. The van der Waals surface area contributed by atoms with Gasteiger partial charge in [0.15, 0.2) is 5.79 Å². The highest BCUT2D eigenvalue weighted by atomic mass is 16.7. The lowest BCUT2D eigenvalue weighted by Gasteiger charge is -2.40. The van der Waals surface area contributed by atoms with Gasteiger partial charge in [-0.05, 0) is 18.6 Å². The maximum Gasteiger partial charge on any atom is 0.337 e. The molecule has 2 heterocycles. The lowest BCUT2D eigenvalue weighted by Crippen LogP contribution is -2.49. The van der Waals surface area contributed by atoms with Crippen LogP contribution in [0.4, 0.5) is 5.69 Å². The van der Waals surface area contributed by atoms with E-state index in [0.29, 0.717) is 25.3 Å². The number of hydrogen-bond donors (Lipinski definition) is 1. The molecule has 102 valence electrons. The maximum atomic E-state index is 11.3. The average Bonchev–Trinajstić information content (AvgIpc) is 2.86. The maximum absolute atomic E-state index is 11.3. The largest absolute Gasteiger partial charge is 0.478 e. The van der Waals surface area contributed by atoms with Crippen LogP contribution < -0.4 is 4.90 Å². The molecular weight excluding hydrogens is 246 g/mol. The molecule has 1 spiro atoms. The van der Waals surface area contributed by atoms with E-state index in [-0.39, 0.29) is 0 Å². The van der Waals surface area contributed by atoms with Crippen molar-refractivity contribution in [1.82, 2.24) is 0 Å². The smallest absolute Gasteiger partial charge is 0.337 e. The number of carboxylic acid groups (broad SMARTS) is 1. The van der Waals surface area contributed by atoms with Gasteiger partial charge in [0, 0.05) is 13.0 Å². The van der Waals surface area contributed by atoms with Crippen LogP contribution in [0.25, 0.3) is 0 Å². The minimum absolute atomic E-state index is 0.331. The Morgan fingerprint density at radius 2 is 2.00 bits per heavy atom. The molecular formula is C14H17NO4. The van der Waals surface area contributed by atoms with Crippen molar-refractivity contribution in [2.45, 2.75) is 18.6 Å². The Hall–Kier alpha value is -1.59. The van der Waals surface area contributed by atoms with Gasteiger partial charge >= 0.3 is 5.97 Å². The standard InChI is InChI=1S/C14H17NO4/c16-13(17)11-4-1-2-5-12(11)15-7-3-6-14(10-15)18-8-9-19-14/h1-2,4-5H,3,6-10H2,(H,16,17). The van der Waals surface area contributed by atoms with Gasteiger partial charge in [-0.3, -0.25) is 0 Å². The first-order valence-electron chi connectivity index (χ1n) is 6.55. The van der Waals surface area contributed by atoms with E-state index in [4.69, 9.17) is 9.47 Å². The summed E-state index contributed by atoms with van der Waals surface area (Å²) in [4.78, 5) is 13.3. The van der Waals surface area contributed by atoms with Crippen LogP contribution in [0, 0.1) is 0 Å². The SMILES string of the molecule is O=C(O)c1ccccc1N1CCCC2(C1)OCCO2. The Balaban J connectivity index is 1.87. The number of benzene rings is 1. The molecule has 3 rings (SSSR count). The number of carbonyl (C=O) groups is 1. The molecule has 0 unspecified atom stereocenters. The van der Waals surface area contributed by atoms with Crippen molar-refractivity contribution < 1.29 is 19.4 Å². The summed E-state index contributed by atoms with van der Waals surface area (Å²) < 4.78 is 11.4. The van der Waals surface area contributed by atoms with Gasteiger partial charge in [0.2, 0.25) is 0 Å². The summed E-state index contributed by atoms with van der Waals surface area (Å²) in [5, 5.41) is 9.26. The molecule has 0 saturated carbocycles. The molecule has 5 nitrogen and oxygen atoms in total. The molecule has 0 amide bonds. The minimum Gasteiger partial charge on any atom is -0.478 e. The monoisotopic (exact) mass is 263 g/mol. The zero-order chi connectivity index (χ0) is 13.3. The Morgan fingerprint density at radius 1 is 1.26 bits per heavy atom. The summed E-state index contributed by atoms with van der Waals surface area (Å²) in [5.41, 5.74) is 1.07. The third kappa shape index (κ3) is 2.31. The quantitative estimate of drug-likeness (QED) is 0.880. The molecule has 2 aliphatic rings. The molecule has 0 aromatic heterocycles.